The van der Waals surface area contributed by atoms with Gasteiger partial charge in [-0.25, -0.2) is 9.47 Å². The molecule has 1 aromatic carbocycles. The maximum absolute atomic E-state index is 12.3. The van der Waals surface area contributed by atoms with Gasteiger partial charge in [-0.15, -0.1) is 0 Å². The molecule has 0 aliphatic carbocycles. The molecule has 1 fully saturated rings. The molecular weight excluding hydrogens is 348 g/mol. The summed E-state index contributed by atoms with van der Waals surface area (Å²) in [4.78, 5) is 17.1. The smallest absolute Gasteiger partial charge is 0.347 e. The molecule has 2 aromatic heterocycles. The SMILES string of the molecule is Cn1c(=O)n(N)c2c3cc(Br)ccc3nc([C@H]3CCOC3)c21. The van der Waals surface area contributed by atoms with E-state index >= 15 is 0 Å². The van der Waals surface area contributed by atoms with Crippen molar-refractivity contribution in [1.29, 1.82) is 0 Å². The van der Waals surface area contributed by atoms with Crippen LogP contribution >= 0.6 is 15.9 Å². The molecule has 1 aliphatic rings. The van der Waals surface area contributed by atoms with Crippen molar-refractivity contribution in [3.63, 3.8) is 0 Å². The monoisotopic (exact) mass is 362 g/mol. The summed E-state index contributed by atoms with van der Waals surface area (Å²) in [6.07, 6.45) is 0.911. The summed E-state index contributed by atoms with van der Waals surface area (Å²) in [5.41, 5.74) is 3.01. The number of nitrogens with two attached hydrogens (primary N) is 1. The van der Waals surface area contributed by atoms with Gasteiger partial charge in [-0.3, -0.25) is 9.55 Å². The highest BCUT2D eigenvalue weighted by molar-refractivity contribution is 9.10. The molecule has 0 spiro atoms. The van der Waals surface area contributed by atoms with E-state index in [9.17, 15) is 4.79 Å². The number of nitrogen functional groups attached to an aromatic ring is 1. The maximum atomic E-state index is 12.3. The van der Waals surface area contributed by atoms with E-state index in [1.807, 2.05) is 18.2 Å². The largest absolute Gasteiger partial charge is 0.381 e. The molecule has 0 saturated carbocycles. The van der Waals surface area contributed by atoms with Gasteiger partial charge in [0.05, 0.1) is 23.3 Å². The number of benzene rings is 1. The zero-order valence-corrected chi connectivity index (χ0v) is 13.6. The number of pyridine rings is 1. The lowest BCUT2D eigenvalue weighted by molar-refractivity contribution is 0.193. The van der Waals surface area contributed by atoms with E-state index in [2.05, 4.69) is 15.9 Å². The Kier molecular flexibility index (Phi) is 3.02. The zero-order chi connectivity index (χ0) is 15.4. The topological polar surface area (TPSA) is 75.1 Å². The van der Waals surface area contributed by atoms with E-state index in [4.69, 9.17) is 15.6 Å². The van der Waals surface area contributed by atoms with Gasteiger partial charge >= 0.3 is 5.69 Å². The Bertz CT molecular complexity index is 954. The molecule has 0 bridgehead atoms. The van der Waals surface area contributed by atoms with Gasteiger partial charge in [0.2, 0.25) is 0 Å². The van der Waals surface area contributed by atoms with Gasteiger partial charge in [0.15, 0.2) is 0 Å². The maximum Gasteiger partial charge on any atom is 0.347 e. The summed E-state index contributed by atoms with van der Waals surface area (Å²) >= 11 is 3.47. The van der Waals surface area contributed by atoms with Crippen LogP contribution in [-0.2, 0) is 11.8 Å². The molecule has 114 valence electrons. The predicted molar refractivity (Wildman–Crippen MR) is 88.5 cm³/mol. The minimum Gasteiger partial charge on any atom is -0.381 e. The van der Waals surface area contributed by atoms with Crippen LogP contribution in [0.15, 0.2) is 27.5 Å². The first-order chi connectivity index (χ1) is 10.6. The lowest BCUT2D eigenvalue weighted by Crippen LogP contribution is -2.27. The Labute approximate surface area is 134 Å². The van der Waals surface area contributed by atoms with Gasteiger partial charge in [-0.1, -0.05) is 15.9 Å². The number of hydrogen-bond donors (Lipinski definition) is 1. The number of ether oxygens (including phenoxy) is 1. The second kappa shape index (κ2) is 4.82. The first kappa shape index (κ1) is 13.8. The first-order valence-corrected chi connectivity index (χ1v) is 7.90. The molecule has 0 unspecified atom stereocenters. The van der Waals surface area contributed by atoms with Crippen LogP contribution in [0.3, 0.4) is 0 Å². The number of nitrogens with zero attached hydrogens (tertiary/aromatic N) is 3. The van der Waals surface area contributed by atoms with Crippen molar-refractivity contribution in [2.75, 3.05) is 19.1 Å². The standard InChI is InChI=1S/C15H15BrN4O2/c1-19-14-12(8-4-5-22-7-8)18-11-3-2-9(16)6-10(11)13(14)20(17)15(19)21/h2-3,6,8H,4-5,7,17H2,1H3/t8-/m0/s1. The highest BCUT2D eigenvalue weighted by Crippen LogP contribution is 2.33. The van der Waals surface area contributed by atoms with Crippen molar-refractivity contribution >= 4 is 37.9 Å². The summed E-state index contributed by atoms with van der Waals surface area (Å²) in [7, 11) is 1.73. The third-order valence-electron chi connectivity index (χ3n) is 4.31. The molecule has 1 atom stereocenters. The van der Waals surface area contributed by atoms with E-state index in [-0.39, 0.29) is 11.6 Å². The molecule has 1 aliphatic heterocycles. The molecule has 3 heterocycles. The molecule has 3 aromatic rings. The first-order valence-electron chi connectivity index (χ1n) is 7.11. The number of aromatic nitrogens is 3. The minimum atomic E-state index is -0.246. The molecule has 6 nitrogen and oxygen atoms in total. The number of fused-ring (bicyclic) bond motifs is 3. The molecule has 1 saturated heterocycles. The minimum absolute atomic E-state index is 0.198. The summed E-state index contributed by atoms with van der Waals surface area (Å²) in [6, 6.07) is 5.83. The highest BCUT2D eigenvalue weighted by atomic mass is 79.9. The fourth-order valence-corrected chi connectivity index (χ4v) is 3.55. The summed E-state index contributed by atoms with van der Waals surface area (Å²) in [5, 5.41) is 0.868. The van der Waals surface area contributed by atoms with E-state index in [0.717, 1.165) is 45.1 Å². The molecular formula is C15H15BrN4O2. The molecule has 0 radical (unpaired) electrons. The quantitative estimate of drug-likeness (QED) is 0.670. The van der Waals surface area contributed by atoms with Crippen LogP contribution in [0, 0.1) is 0 Å². The van der Waals surface area contributed by atoms with Crippen LogP contribution in [-0.4, -0.2) is 27.4 Å². The average Bonchev–Trinajstić information content (AvgIpc) is 3.11. The van der Waals surface area contributed by atoms with Crippen molar-refractivity contribution < 1.29 is 4.74 Å². The zero-order valence-electron chi connectivity index (χ0n) is 12.0. The van der Waals surface area contributed by atoms with E-state index in [0.29, 0.717) is 6.61 Å². The number of hydrogen-bond acceptors (Lipinski definition) is 4. The Morgan fingerprint density at radius 3 is 2.95 bits per heavy atom. The Hall–Kier alpha value is -1.86. The van der Waals surface area contributed by atoms with Crippen LogP contribution < -0.4 is 11.5 Å². The van der Waals surface area contributed by atoms with Gasteiger partial charge in [0.25, 0.3) is 0 Å². The van der Waals surface area contributed by atoms with Crippen molar-refractivity contribution in [1.82, 2.24) is 14.2 Å². The van der Waals surface area contributed by atoms with Crippen molar-refractivity contribution in [3.8, 4) is 0 Å². The second-order valence-electron chi connectivity index (χ2n) is 5.63. The number of rotatable bonds is 1. The van der Waals surface area contributed by atoms with Crippen LogP contribution in [0.2, 0.25) is 0 Å². The van der Waals surface area contributed by atoms with E-state index < -0.39 is 0 Å². The van der Waals surface area contributed by atoms with Gasteiger partial charge in [-0.05, 0) is 24.6 Å². The molecule has 0 amide bonds. The molecule has 4 rings (SSSR count). The van der Waals surface area contributed by atoms with Gasteiger partial charge in [0, 0.05) is 29.4 Å². The van der Waals surface area contributed by atoms with Gasteiger partial charge in [0.1, 0.15) is 5.52 Å². The third kappa shape index (κ3) is 1.82. The fraction of sp³-hybridized carbons (Fsp3) is 0.333. The Morgan fingerprint density at radius 1 is 1.41 bits per heavy atom. The third-order valence-corrected chi connectivity index (χ3v) is 4.80. The Morgan fingerprint density at radius 2 is 2.23 bits per heavy atom. The fourth-order valence-electron chi connectivity index (χ4n) is 3.19. The second-order valence-corrected chi connectivity index (χ2v) is 6.54. The van der Waals surface area contributed by atoms with Crippen LogP contribution in [0.1, 0.15) is 18.0 Å². The Balaban J connectivity index is 2.21. The van der Waals surface area contributed by atoms with Gasteiger partial charge < -0.3 is 10.6 Å². The summed E-state index contributed by atoms with van der Waals surface area (Å²) in [6.45, 7) is 1.36. The lowest BCUT2D eigenvalue weighted by atomic mass is 10.0. The number of imidazole rings is 1. The number of aryl methyl sites for hydroxylation is 1. The number of halogens is 1. The van der Waals surface area contributed by atoms with E-state index in [1.54, 1.807) is 11.6 Å². The van der Waals surface area contributed by atoms with Crippen molar-refractivity contribution in [2.24, 2.45) is 7.05 Å². The summed E-state index contributed by atoms with van der Waals surface area (Å²) < 4.78 is 9.22. The van der Waals surface area contributed by atoms with Crippen molar-refractivity contribution in [2.45, 2.75) is 12.3 Å². The lowest BCUT2D eigenvalue weighted by Gasteiger charge is -2.12. The summed E-state index contributed by atoms with van der Waals surface area (Å²) in [5.74, 6) is 6.23. The van der Waals surface area contributed by atoms with E-state index in [1.165, 1.54) is 4.68 Å². The van der Waals surface area contributed by atoms with Crippen LogP contribution in [0.4, 0.5) is 0 Å². The normalized spacial score (nSPS) is 18.5. The van der Waals surface area contributed by atoms with Crippen LogP contribution in [0.5, 0.6) is 0 Å². The average molecular weight is 363 g/mol. The van der Waals surface area contributed by atoms with Gasteiger partial charge in [-0.2, -0.15) is 0 Å². The highest BCUT2D eigenvalue weighted by Gasteiger charge is 2.26. The van der Waals surface area contributed by atoms with Crippen LogP contribution in [0.25, 0.3) is 21.9 Å². The molecule has 7 heteroatoms. The predicted octanol–water partition coefficient (Wildman–Crippen LogP) is 1.87. The molecule has 2 N–H and O–H groups in total. The van der Waals surface area contributed by atoms with Crippen molar-refractivity contribution in [3.05, 3.63) is 38.9 Å². The molecule has 22 heavy (non-hydrogen) atoms.